The van der Waals surface area contributed by atoms with Gasteiger partial charge in [-0.15, -0.1) is 0 Å². The van der Waals surface area contributed by atoms with Gasteiger partial charge in [0.1, 0.15) is 11.4 Å². The number of hydrogen-bond donors (Lipinski definition) is 0. The Bertz CT molecular complexity index is 504. The van der Waals surface area contributed by atoms with Crippen molar-refractivity contribution in [2.75, 3.05) is 0 Å². The summed E-state index contributed by atoms with van der Waals surface area (Å²) in [5, 5.41) is 4.22. The Morgan fingerprint density at radius 1 is 1.44 bits per heavy atom. The fourth-order valence-corrected chi connectivity index (χ4v) is 1.52. The van der Waals surface area contributed by atoms with Crippen LogP contribution in [0.1, 0.15) is 28.8 Å². The van der Waals surface area contributed by atoms with Gasteiger partial charge in [-0.25, -0.2) is 4.98 Å². The van der Waals surface area contributed by atoms with Crippen LogP contribution in [0.15, 0.2) is 24.7 Å². The smallest absolute Gasteiger partial charge is 0.230 e. The van der Waals surface area contributed by atoms with Gasteiger partial charge in [0.2, 0.25) is 5.78 Å². The standard InChI is InChI=1S/C11H12N4O/c1-3-15-10(6-8(2)14-15)11(16)9-7-12-4-5-13-9/h4-7H,3H2,1-2H3. The Hall–Kier alpha value is -2.04. The number of carbonyl (C=O) groups excluding carboxylic acids is 1. The normalized spacial score (nSPS) is 10.4. The zero-order valence-electron chi connectivity index (χ0n) is 9.21. The van der Waals surface area contributed by atoms with E-state index in [1.165, 1.54) is 12.4 Å². The van der Waals surface area contributed by atoms with Crippen LogP contribution >= 0.6 is 0 Å². The van der Waals surface area contributed by atoms with E-state index in [0.29, 0.717) is 17.9 Å². The van der Waals surface area contributed by atoms with E-state index in [9.17, 15) is 4.79 Å². The monoisotopic (exact) mass is 216 g/mol. The molecular weight excluding hydrogens is 204 g/mol. The van der Waals surface area contributed by atoms with Gasteiger partial charge in [0.15, 0.2) is 0 Å². The quantitative estimate of drug-likeness (QED) is 0.724. The highest BCUT2D eigenvalue weighted by Crippen LogP contribution is 2.08. The van der Waals surface area contributed by atoms with Gasteiger partial charge in [0.05, 0.1) is 11.9 Å². The molecule has 2 rings (SSSR count). The minimum Gasteiger partial charge on any atom is -0.285 e. The minimum absolute atomic E-state index is 0.143. The van der Waals surface area contributed by atoms with Crippen LogP contribution in [0.2, 0.25) is 0 Å². The Balaban J connectivity index is 2.41. The average Bonchev–Trinajstić information content (AvgIpc) is 2.70. The number of nitrogens with zero attached hydrogens (tertiary/aromatic N) is 4. The number of hydrogen-bond acceptors (Lipinski definition) is 4. The van der Waals surface area contributed by atoms with Gasteiger partial charge in [0.25, 0.3) is 0 Å². The van der Waals surface area contributed by atoms with Crippen LogP contribution in [0.3, 0.4) is 0 Å². The van der Waals surface area contributed by atoms with Crippen molar-refractivity contribution in [2.45, 2.75) is 20.4 Å². The van der Waals surface area contributed by atoms with Crippen molar-refractivity contribution in [3.8, 4) is 0 Å². The largest absolute Gasteiger partial charge is 0.285 e. The Kier molecular flexibility index (Phi) is 2.76. The maximum Gasteiger partial charge on any atom is 0.230 e. The summed E-state index contributed by atoms with van der Waals surface area (Å²) in [7, 11) is 0. The molecule has 16 heavy (non-hydrogen) atoms. The highest BCUT2D eigenvalue weighted by molar-refractivity contribution is 6.06. The van der Waals surface area contributed by atoms with Crippen molar-refractivity contribution >= 4 is 5.78 Å². The van der Waals surface area contributed by atoms with Crippen molar-refractivity contribution in [1.82, 2.24) is 19.7 Å². The molecule has 0 fully saturated rings. The zero-order valence-corrected chi connectivity index (χ0v) is 9.21. The molecule has 0 saturated heterocycles. The molecular formula is C11H12N4O. The first-order valence-electron chi connectivity index (χ1n) is 5.07. The highest BCUT2D eigenvalue weighted by Gasteiger charge is 2.16. The molecule has 0 aliphatic rings. The van der Waals surface area contributed by atoms with E-state index in [2.05, 4.69) is 15.1 Å². The van der Waals surface area contributed by atoms with Crippen molar-refractivity contribution in [3.05, 3.63) is 41.7 Å². The van der Waals surface area contributed by atoms with Crippen LogP contribution < -0.4 is 0 Å². The molecule has 0 saturated carbocycles. The summed E-state index contributed by atoms with van der Waals surface area (Å²) in [6, 6.07) is 1.76. The Labute approximate surface area is 93.2 Å². The number of aromatic nitrogens is 4. The third-order valence-electron chi connectivity index (χ3n) is 2.23. The summed E-state index contributed by atoms with van der Waals surface area (Å²) in [5.74, 6) is -0.143. The van der Waals surface area contributed by atoms with Crippen LogP contribution in [-0.2, 0) is 6.54 Å². The summed E-state index contributed by atoms with van der Waals surface area (Å²) in [6.45, 7) is 4.47. The molecule has 0 bridgehead atoms. The Morgan fingerprint density at radius 2 is 2.25 bits per heavy atom. The van der Waals surface area contributed by atoms with E-state index in [-0.39, 0.29) is 5.78 Å². The third kappa shape index (κ3) is 1.84. The van der Waals surface area contributed by atoms with Crippen molar-refractivity contribution < 1.29 is 4.79 Å². The fourth-order valence-electron chi connectivity index (χ4n) is 1.52. The first-order valence-corrected chi connectivity index (χ1v) is 5.07. The van der Waals surface area contributed by atoms with Crippen LogP contribution in [0.25, 0.3) is 0 Å². The van der Waals surface area contributed by atoms with E-state index in [0.717, 1.165) is 5.69 Å². The first-order chi connectivity index (χ1) is 7.72. The second kappa shape index (κ2) is 4.22. The fraction of sp³-hybridized carbons (Fsp3) is 0.273. The van der Waals surface area contributed by atoms with Crippen molar-refractivity contribution in [1.29, 1.82) is 0 Å². The number of rotatable bonds is 3. The third-order valence-corrected chi connectivity index (χ3v) is 2.23. The number of ketones is 1. The van der Waals surface area contributed by atoms with Gasteiger partial charge in [-0.05, 0) is 19.9 Å². The molecule has 0 radical (unpaired) electrons. The molecule has 5 heteroatoms. The summed E-state index contributed by atoms with van der Waals surface area (Å²) in [6.07, 6.45) is 4.51. The van der Waals surface area contributed by atoms with Crippen LogP contribution in [0.4, 0.5) is 0 Å². The van der Waals surface area contributed by atoms with E-state index in [1.807, 2.05) is 13.8 Å². The topological polar surface area (TPSA) is 60.7 Å². The SMILES string of the molecule is CCn1nc(C)cc1C(=O)c1cnccn1. The molecule has 0 spiro atoms. The maximum atomic E-state index is 12.1. The predicted molar refractivity (Wildman–Crippen MR) is 58.1 cm³/mol. The maximum absolute atomic E-state index is 12.1. The summed E-state index contributed by atoms with van der Waals surface area (Å²) >= 11 is 0. The molecule has 0 atom stereocenters. The Morgan fingerprint density at radius 3 is 2.88 bits per heavy atom. The highest BCUT2D eigenvalue weighted by atomic mass is 16.1. The molecule has 0 aliphatic heterocycles. The second-order valence-corrected chi connectivity index (χ2v) is 3.41. The molecule has 0 N–H and O–H groups in total. The predicted octanol–water partition coefficient (Wildman–Crippen LogP) is 1.23. The van der Waals surface area contributed by atoms with Gasteiger partial charge in [-0.3, -0.25) is 14.5 Å². The molecule has 2 aromatic heterocycles. The molecule has 82 valence electrons. The summed E-state index contributed by atoms with van der Waals surface area (Å²) in [5.41, 5.74) is 1.73. The minimum atomic E-state index is -0.143. The molecule has 0 aromatic carbocycles. The lowest BCUT2D eigenvalue weighted by Gasteiger charge is -2.02. The molecule has 5 nitrogen and oxygen atoms in total. The molecule has 0 amide bonds. The van der Waals surface area contributed by atoms with E-state index in [4.69, 9.17) is 0 Å². The average molecular weight is 216 g/mol. The number of carbonyl (C=O) groups is 1. The lowest BCUT2D eigenvalue weighted by molar-refractivity contribution is 0.102. The molecule has 0 aliphatic carbocycles. The second-order valence-electron chi connectivity index (χ2n) is 3.41. The molecule has 0 unspecified atom stereocenters. The lowest BCUT2D eigenvalue weighted by Crippen LogP contribution is -2.11. The van der Waals surface area contributed by atoms with E-state index < -0.39 is 0 Å². The van der Waals surface area contributed by atoms with Gasteiger partial charge >= 0.3 is 0 Å². The summed E-state index contributed by atoms with van der Waals surface area (Å²) in [4.78, 5) is 19.9. The number of aryl methyl sites for hydroxylation is 2. The lowest BCUT2D eigenvalue weighted by atomic mass is 10.2. The van der Waals surface area contributed by atoms with Gasteiger partial charge in [-0.1, -0.05) is 0 Å². The van der Waals surface area contributed by atoms with Gasteiger partial charge < -0.3 is 0 Å². The van der Waals surface area contributed by atoms with E-state index in [1.54, 1.807) is 16.9 Å². The van der Waals surface area contributed by atoms with Crippen LogP contribution in [-0.4, -0.2) is 25.5 Å². The van der Waals surface area contributed by atoms with E-state index >= 15 is 0 Å². The van der Waals surface area contributed by atoms with Crippen LogP contribution in [0.5, 0.6) is 0 Å². The molecule has 2 aromatic rings. The van der Waals surface area contributed by atoms with Crippen molar-refractivity contribution in [2.24, 2.45) is 0 Å². The first kappa shape index (κ1) is 10.5. The van der Waals surface area contributed by atoms with Gasteiger partial charge in [0, 0.05) is 18.9 Å². The van der Waals surface area contributed by atoms with Crippen molar-refractivity contribution in [3.63, 3.8) is 0 Å². The van der Waals surface area contributed by atoms with Gasteiger partial charge in [-0.2, -0.15) is 5.10 Å². The van der Waals surface area contributed by atoms with Crippen LogP contribution in [0, 0.1) is 6.92 Å². The summed E-state index contributed by atoms with van der Waals surface area (Å²) < 4.78 is 1.67. The zero-order chi connectivity index (χ0) is 11.5. The molecule has 2 heterocycles.